The highest BCUT2D eigenvalue weighted by atomic mass is 35.5. The van der Waals surface area contributed by atoms with Gasteiger partial charge in [0.15, 0.2) is 17.4 Å². The molecule has 0 aliphatic carbocycles. The Hall–Kier alpha value is -2.48. The standard InChI is InChI=1S/C11H8ClFN4O3/c1-20-9-4-6(2-3-8(9)17(18)19)15-10-7(13)5-14-11(12)16-10/h2-5H,1H3,(H,14,15,16). The van der Waals surface area contributed by atoms with E-state index in [1.165, 1.54) is 25.3 Å². The van der Waals surface area contributed by atoms with Gasteiger partial charge < -0.3 is 10.1 Å². The second-order valence-electron chi connectivity index (χ2n) is 3.60. The van der Waals surface area contributed by atoms with Crippen molar-refractivity contribution in [1.82, 2.24) is 9.97 Å². The highest BCUT2D eigenvalue weighted by Gasteiger charge is 2.15. The van der Waals surface area contributed by atoms with Gasteiger partial charge in [-0.25, -0.2) is 9.37 Å². The minimum Gasteiger partial charge on any atom is -0.490 e. The van der Waals surface area contributed by atoms with Crippen LogP contribution >= 0.6 is 11.6 Å². The summed E-state index contributed by atoms with van der Waals surface area (Å²) < 4.78 is 18.4. The summed E-state index contributed by atoms with van der Waals surface area (Å²) in [6, 6.07) is 3.99. The van der Waals surface area contributed by atoms with Gasteiger partial charge in [-0.1, -0.05) is 0 Å². The lowest BCUT2D eigenvalue weighted by atomic mass is 10.2. The second kappa shape index (κ2) is 5.66. The minimum absolute atomic E-state index is 0.0422. The van der Waals surface area contributed by atoms with Crippen molar-refractivity contribution in [3.63, 3.8) is 0 Å². The number of halogens is 2. The summed E-state index contributed by atoms with van der Waals surface area (Å²) >= 11 is 5.57. The van der Waals surface area contributed by atoms with Crippen LogP contribution in [0.15, 0.2) is 24.4 Å². The van der Waals surface area contributed by atoms with Crippen molar-refractivity contribution in [2.75, 3.05) is 12.4 Å². The molecule has 0 bridgehead atoms. The summed E-state index contributed by atoms with van der Waals surface area (Å²) in [7, 11) is 1.30. The molecule has 1 aromatic carbocycles. The second-order valence-corrected chi connectivity index (χ2v) is 3.94. The van der Waals surface area contributed by atoms with Crippen LogP contribution in [-0.4, -0.2) is 22.0 Å². The molecule has 1 N–H and O–H groups in total. The van der Waals surface area contributed by atoms with Crippen molar-refractivity contribution in [2.45, 2.75) is 0 Å². The van der Waals surface area contributed by atoms with Crippen LogP contribution in [0.25, 0.3) is 0 Å². The maximum atomic E-state index is 13.5. The molecule has 2 aromatic rings. The molecule has 0 fully saturated rings. The Morgan fingerprint density at radius 1 is 1.50 bits per heavy atom. The van der Waals surface area contributed by atoms with Gasteiger partial charge in [0, 0.05) is 17.8 Å². The lowest BCUT2D eigenvalue weighted by Crippen LogP contribution is -2.00. The molecule has 0 atom stereocenters. The number of benzene rings is 1. The molecule has 7 nitrogen and oxygen atoms in total. The molecule has 0 radical (unpaired) electrons. The third kappa shape index (κ3) is 2.91. The summed E-state index contributed by atoms with van der Waals surface area (Å²) in [6.07, 6.45) is 0.917. The molecule has 0 saturated heterocycles. The molecule has 1 heterocycles. The van der Waals surface area contributed by atoms with E-state index in [2.05, 4.69) is 15.3 Å². The molecule has 104 valence electrons. The largest absolute Gasteiger partial charge is 0.490 e. The zero-order valence-electron chi connectivity index (χ0n) is 10.1. The van der Waals surface area contributed by atoms with Gasteiger partial charge in [0.2, 0.25) is 5.28 Å². The zero-order valence-corrected chi connectivity index (χ0v) is 10.9. The molecule has 0 amide bonds. The Kier molecular flexibility index (Phi) is 3.94. The predicted molar refractivity (Wildman–Crippen MR) is 69.9 cm³/mol. The Labute approximate surface area is 117 Å². The summed E-state index contributed by atoms with van der Waals surface area (Å²) in [5.41, 5.74) is 0.167. The number of nitrogens with one attached hydrogen (secondary N) is 1. The number of nitrogens with zero attached hydrogens (tertiary/aromatic N) is 3. The fraction of sp³-hybridized carbons (Fsp3) is 0.0909. The van der Waals surface area contributed by atoms with Gasteiger partial charge in [0.05, 0.1) is 18.2 Å². The summed E-state index contributed by atoms with van der Waals surface area (Å²) in [5, 5.41) is 13.3. The van der Waals surface area contributed by atoms with E-state index in [4.69, 9.17) is 16.3 Å². The summed E-state index contributed by atoms with van der Waals surface area (Å²) in [4.78, 5) is 17.3. The fourth-order valence-electron chi connectivity index (χ4n) is 1.48. The highest BCUT2D eigenvalue weighted by Crippen LogP contribution is 2.31. The van der Waals surface area contributed by atoms with Gasteiger partial charge in [0.25, 0.3) is 0 Å². The number of ether oxygens (including phenoxy) is 1. The quantitative estimate of drug-likeness (QED) is 0.530. The molecule has 0 unspecified atom stereocenters. The van der Waals surface area contributed by atoms with Crippen LogP contribution in [-0.2, 0) is 0 Å². The molecule has 1 aromatic heterocycles. The number of nitro benzene ring substituents is 1. The smallest absolute Gasteiger partial charge is 0.311 e. The number of hydrogen-bond donors (Lipinski definition) is 1. The molecule has 0 spiro atoms. The summed E-state index contributed by atoms with van der Waals surface area (Å²) in [5.74, 6) is -0.798. The molecule has 9 heteroatoms. The van der Waals surface area contributed by atoms with E-state index in [1.807, 2.05) is 0 Å². The van der Waals surface area contributed by atoms with E-state index in [-0.39, 0.29) is 22.5 Å². The first-order chi connectivity index (χ1) is 9.51. The maximum Gasteiger partial charge on any atom is 0.311 e. The van der Waals surface area contributed by atoms with Crippen LogP contribution < -0.4 is 10.1 Å². The van der Waals surface area contributed by atoms with Gasteiger partial charge in [-0.15, -0.1) is 0 Å². The normalized spacial score (nSPS) is 10.2. The SMILES string of the molecule is COc1cc(Nc2nc(Cl)ncc2F)ccc1[N+](=O)[O-]. The van der Waals surface area contributed by atoms with E-state index in [9.17, 15) is 14.5 Å². The third-order valence-electron chi connectivity index (χ3n) is 2.35. The number of hydrogen-bond acceptors (Lipinski definition) is 6. The monoisotopic (exact) mass is 298 g/mol. The molecular formula is C11H8ClFN4O3. The van der Waals surface area contributed by atoms with Gasteiger partial charge in [-0.05, 0) is 17.7 Å². The lowest BCUT2D eigenvalue weighted by molar-refractivity contribution is -0.385. The van der Waals surface area contributed by atoms with Crippen molar-refractivity contribution in [1.29, 1.82) is 0 Å². The first-order valence-electron chi connectivity index (χ1n) is 5.28. The number of nitro groups is 1. The van der Waals surface area contributed by atoms with E-state index < -0.39 is 10.7 Å². The van der Waals surface area contributed by atoms with Crippen LogP contribution in [0.5, 0.6) is 5.75 Å². The molecular weight excluding hydrogens is 291 g/mol. The number of rotatable bonds is 4. The van der Waals surface area contributed by atoms with E-state index in [0.29, 0.717) is 5.69 Å². The van der Waals surface area contributed by atoms with Crippen LogP contribution in [0, 0.1) is 15.9 Å². The van der Waals surface area contributed by atoms with Gasteiger partial charge >= 0.3 is 5.69 Å². The summed E-state index contributed by atoms with van der Waals surface area (Å²) in [6.45, 7) is 0. The van der Waals surface area contributed by atoms with Crippen LogP contribution in [0.2, 0.25) is 5.28 Å². The minimum atomic E-state index is -0.702. The average Bonchev–Trinajstić information content (AvgIpc) is 2.42. The van der Waals surface area contributed by atoms with Gasteiger partial charge in [-0.2, -0.15) is 4.98 Å². The van der Waals surface area contributed by atoms with Gasteiger partial charge in [-0.3, -0.25) is 10.1 Å². The Morgan fingerprint density at radius 2 is 2.25 bits per heavy atom. The first kappa shape index (κ1) is 13.9. The lowest BCUT2D eigenvalue weighted by Gasteiger charge is -2.08. The van der Waals surface area contributed by atoms with E-state index >= 15 is 0 Å². The Balaban J connectivity index is 2.34. The molecule has 0 aliphatic heterocycles. The highest BCUT2D eigenvalue weighted by molar-refractivity contribution is 6.28. The predicted octanol–water partition coefficient (Wildman–Crippen LogP) is 2.93. The molecule has 0 saturated carbocycles. The Bertz CT molecular complexity index is 668. The fourth-order valence-corrected chi connectivity index (χ4v) is 1.61. The Morgan fingerprint density at radius 3 is 2.90 bits per heavy atom. The van der Waals surface area contributed by atoms with Crippen molar-refractivity contribution >= 4 is 28.8 Å². The van der Waals surface area contributed by atoms with E-state index in [1.54, 1.807) is 0 Å². The van der Waals surface area contributed by atoms with Crippen molar-refractivity contribution in [2.24, 2.45) is 0 Å². The van der Waals surface area contributed by atoms with E-state index in [0.717, 1.165) is 6.20 Å². The van der Waals surface area contributed by atoms with Crippen LogP contribution in [0.1, 0.15) is 0 Å². The van der Waals surface area contributed by atoms with Crippen molar-refractivity contribution < 1.29 is 14.1 Å². The number of aromatic nitrogens is 2. The maximum absolute atomic E-state index is 13.5. The topological polar surface area (TPSA) is 90.2 Å². The molecule has 0 aliphatic rings. The number of methoxy groups -OCH3 is 1. The van der Waals surface area contributed by atoms with Gasteiger partial charge in [0.1, 0.15) is 0 Å². The van der Waals surface area contributed by atoms with Crippen LogP contribution in [0.4, 0.5) is 21.6 Å². The average molecular weight is 299 g/mol. The molecule has 20 heavy (non-hydrogen) atoms. The van der Waals surface area contributed by atoms with Crippen molar-refractivity contribution in [3.8, 4) is 5.75 Å². The third-order valence-corrected chi connectivity index (χ3v) is 2.54. The first-order valence-corrected chi connectivity index (χ1v) is 5.66. The van der Waals surface area contributed by atoms with Crippen LogP contribution in [0.3, 0.4) is 0 Å². The zero-order chi connectivity index (χ0) is 14.7. The molecule has 2 rings (SSSR count). The van der Waals surface area contributed by atoms with Crippen molar-refractivity contribution in [3.05, 3.63) is 45.6 Å². The number of anilines is 2.